The van der Waals surface area contributed by atoms with Crippen molar-refractivity contribution in [1.29, 1.82) is 0 Å². The third-order valence-corrected chi connectivity index (χ3v) is 6.84. The molecule has 1 aliphatic rings. The summed E-state index contributed by atoms with van der Waals surface area (Å²) in [5, 5.41) is 16.1. The van der Waals surface area contributed by atoms with E-state index < -0.39 is 23.9 Å². The smallest absolute Gasteiger partial charge is 0.411 e. The molecule has 0 aliphatic carbocycles. The van der Waals surface area contributed by atoms with Gasteiger partial charge in [0, 0.05) is 17.7 Å². The van der Waals surface area contributed by atoms with Crippen molar-refractivity contribution < 1.29 is 23.5 Å². The number of allylic oxidation sites excluding steroid dienone is 1. The third kappa shape index (κ3) is 6.26. The number of ether oxygens (including phenoxy) is 1. The molecule has 0 saturated heterocycles. The van der Waals surface area contributed by atoms with Gasteiger partial charge >= 0.3 is 6.09 Å². The van der Waals surface area contributed by atoms with Crippen molar-refractivity contribution in [2.24, 2.45) is 0 Å². The Bertz CT molecular complexity index is 1700. The summed E-state index contributed by atoms with van der Waals surface area (Å²) in [7, 11) is 1.24. The minimum Gasteiger partial charge on any atom is -0.453 e. The molecule has 0 fully saturated rings. The topological polar surface area (TPSA) is 156 Å². The first-order chi connectivity index (χ1) is 20.2. The number of imidazole rings is 1. The largest absolute Gasteiger partial charge is 0.453 e. The van der Waals surface area contributed by atoms with Crippen LogP contribution in [0, 0.1) is 5.82 Å². The van der Waals surface area contributed by atoms with Crippen LogP contribution in [-0.2, 0) is 9.53 Å². The molecule has 4 aromatic rings. The predicted octanol–water partition coefficient (Wildman–Crippen LogP) is 5.43. The zero-order valence-electron chi connectivity index (χ0n) is 22.0. The van der Waals surface area contributed by atoms with Crippen molar-refractivity contribution in [3.8, 4) is 16.9 Å². The second kappa shape index (κ2) is 12.4. The van der Waals surface area contributed by atoms with E-state index in [9.17, 15) is 18.8 Å². The van der Waals surface area contributed by atoms with Crippen LogP contribution in [0.25, 0.3) is 16.9 Å². The highest BCUT2D eigenvalue weighted by Crippen LogP contribution is 2.35. The molecule has 42 heavy (non-hydrogen) atoms. The molecule has 5 rings (SSSR count). The Labute approximate surface area is 248 Å². The van der Waals surface area contributed by atoms with Gasteiger partial charge in [0.15, 0.2) is 11.5 Å². The van der Waals surface area contributed by atoms with Gasteiger partial charge < -0.3 is 20.4 Å². The number of nitrogens with zero attached hydrogens (tertiary/aromatic N) is 4. The zero-order valence-corrected chi connectivity index (χ0v) is 23.5. The summed E-state index contributed by atoms with van der Waals surface area (Å²) in [4.78, 5) is 45.2. The minimum atomic E-state index is -0.699. The summed E-state index contributed by atoms with van der Waals surface area (Å²) in [6.45, 7) is 0. The molecule has 0 unspecified atom stereocenters. The van der Waals surface area contributed by atoms with Crippen LogP contribution in [0.4, 0.5) is 20.6 Å². The fourth-order valence-electron chi connectivity index (χ4n) is 4.22. The Morgan fingerprint density at radius 2 is 2.02 bits per heavy atom. The van der Waals surface area contributed by atoms with Crippen molar-refractivity contribution in [1.82, 2.24) is 30.3 Å². The number of aromatic amines is 1. The van der Waals surface area contributed by atoms with Crippen molar-refractivity contribution in [2.45, 2.75) is 25.3 Å². The summed E-state index contributed by atoms with van der Waals surface area (Å²) >= 11 is 12.4. The van der Waals surface area contributed by atoms with Gasteiger partial charge in [0.2, 0.25) is 5.91 Å². The third-order valence-electron chi connectivity index (χ3n) is 6.27. The summed E-state index contributed by atoms with van der Waals surface area (Å²) in [5.41, 5.74) is 1.51. The lowest BCUT2D eigenvalue weighted by molar-refractivity contribution is -0.116. The van der Waals surface area contributed by atoms with E-state index in [-0.39, 0.29) is 33.9 Å². The second-order valence-corrected chi connectivity index (χ2v) is 9.89. The highest BCUT2D eigenvalue weighted by Gasteiger charge is 2.24. The van der Waals surface area contributed by atoms with E-state index >= 15 is 0 Å². The monoisotopic (exact) mass is 612 g/mol. The average Bonchev–Trinajstić information content (AvgIpc) is 3.61. The van der Waals surface area contributed by atoms with Gasteiger partial charge in [-0.25, -0.2) is 18.9 Å². The highest BCUT2D eigenvalue weighted by atomic mass is 35.5. The number of carbonyl (C=O) groups is 3. The van der Waals surface area contributed by atoms with Crippen molar-refractivity contribution in [3.63, 3.8) is 0 Å². The highest BCUT2D eigenvalue weighted by molar-refractivity contribution is 6.32. The number of fused-ring (bicyclic) bond motifs is 4. The van der Waals surface area contributed by atoms with Gasteiger partial charge in [0.05, 0.1) is 30.1 Å². The Kier molecular flexibility index (Phi) is 8.50. The maximum atomic E-state index is 14.5. The molecule has 1 aliphatic heterocycles. The number of hydrogen-bond donors (Lipinski definition) is 4. The van der Waals surface area contributed by atoms with Gasteiger partial charge in [-0.1, -0.05) is 46.6 Å². The molecule has 0 spiro atoms. The van der Waals surface area contributed by atoms with Crippen molar-refractivity contribution >= 4 is 52.5 Å². The summed E-state index contributed by atoms with van der Waals surface area (Å²) in [6.07, 6.45) is 5.17. The minimum absolute atomic E-state index is 0.0354. The maximum Gasteiger partial charge on any atom is 0.411 e. The molecule has 4 N–H and O–H groups in total. The van der Waals surface area contributed by atoms with Gasteiger partial charge in [-0.2, -0.15) is 0 Å². The lowest BCUT2D eigenvalue weighted by atomic mass is 10.1. The van der Waals surface area contributed by atoms with Crippen LogP contribution in [-0.4, -0.2) is 50.0 Å². The van der Waals surface area contributed by atoms with E-state index in [2.05, 4.69) is 41.0 Å². The molecule has 12 nitrogen and oxygen atoms in total. The van der Waals surface area contributed by atoms with Gasteiger partial charge in [0.25, 0.3) is 5.91 Å². The van der Waals surface area contributed by atoms with E-state index in [4.69, 9.17) is 23.2 Å². The molecule has 1 atom stereocenters. The predicted molar refractivity (Wildman–Crippen MR) is 153 cm³/mol. The molecular weight excluding hydrogens is 590 g/mol. The maximum absolute atomic E-state index is 14.5. The molecule has 0 saturated carbocycles. The summed E-state index contributed by atoms with van der Waals surface area (Å²) < 4.78 is 20.2. The van der Waals surface area contributed by atoms with Crippen LogP contribution in [0.1, 0.15) is 41.6 Å². The van der Waals surface area contributed by atoms with Gasteiger partial charge in [-0.3, -0.25) is 14.9 Å². The number of nitrogens with one attached hydrogen (secondary N) is 4. The Morgan fingerprint density at radius 3 is 2.83 bits per heavy atom. The average molecular weight is 613 g/mol. The van der Waals surface area contributed by atoms with Crippen molar-refractivity contribution in [3.05, 3.63) is 82.3 Å². The van der Waals surface area contributed by atoms with Gasteiger partial charge in [-0.05, 0) is 43.2 Å². The van der Waals surface area contributed by atoms with E-state index in [0.29, 0.717) is 41.3 Å². The van der Waals surface area contributed by atoms with Crippen molar-refractivity contribution in [2.75, 3.05) is 17.7 Å². The number of hydrogen-bond acceptors (Lipinski definition) is 7. The zero-order chi connectivity index (χ0) is 29.8. The second-order valence-electron chi connectivity index (χ2n) is 9.10. The van der Waals surface area contributed by atoms with Crippen LogP contribution in [0.5, 0.6) is 0 Å². The van der Waals surface area contributed by atoms with Gasteiger partial charge in [-0.15, -0.1) is 5.10 Å². The lowest BCUT2D eigenvalue weighted by Gasteiger charge is -2.14. The molecule has 2 aromatic heterocycles. The van der Waals surface area contributed by atoms with Crippen LogP contribution in [0.2, 0.25) is 10.2 Å². The molecule has 2 aromatic carbocycles. The standard InChI is InChI=1S/C27H23Cl2FN8O4/c1-42-27(41)31-14-10-11-15-18(12-14)32-21(39)9-4-2-3-7-17(25-34-23(15)24(29)35-25)33-26(40)19-13-38(37-36-19)20-8-5-6-16(28)22(20)30/h2-3,5-6,8,10-13,17H,4,7,9H2,1H3,(H,31,41)(H,32,39)(H,33,40)(H,34,35)/b3-2+/t17-/m0/s1. The van der Waals surface area contributed by atoms with Crippen LogP contribution in [0.15, 0.2) is 54.7 Å². The normalized spacial score (nSPS) is 15.7. The number of halogens is 3. The van der Waals surface area contributed by atoms with Crippen LogP contribution in [0.3, 0.4) is 0 Å². The molecule has 3 amide bonds. The molecule has 15 heteroatoms. The van der Waals surface area contributed by atoms with Crippen LogP contribution < -0.4 is 16.0 Å². The molecule has 0 radical (unpaired) electrons. The molecule has 216 valence electrons. The number of carbonyl (C=O) groups excluding carboxylic acids is 3. The van der Waals surface area contributed by atoms with E-state index in [0.717, 1.165) is 4.68 Å². The fourth-order valence-corrected chi connectivity index (χ4v) is 4.63. The number of amides is 3. The number of methoxy groups -OCH3 is 1. The quantitative estimate of drug-likeness (QED) is 0.224. The Morgan fingerprint density at radius 1 is 1.19 bits per heavy atom. The number of rotatable bonds is 4. The van der Waals surface area contributed by atoms with E-state index in [1.807, 2.05) is 12.2 Å². The number of benzene rings is 2. The lowest BCUT2D eigenvalue weighted by Crippen LogP contribution is -2.29. The SMILES string of the molecule is COC(=O)Nc1ccc2c(c1)NC(=O)CC/C=C/C[C@H](NC(=O)c1cn(-c3cccc(Cl)c3F)nn1)c1nc-2c(Cl)[nH]1. The first-order valence-electron chi connectivity index (χ1n) is 12.6. The molecule has 3 heterocycles. The number of aromatic nitrogens is 5. The number of H-pyrrole nitrogens is 1. The Hall–Kier alpha value is -4.75. The Balaban J connectivity index is 1.46. The number of anilines is 2. The van der Waals surface area contributed by atoms with Gasteiger partial charge in [0.1, 0.15) is 22.4 Å². The summed E-state index contributed by atoms with van der Waals surface area (Å²) in [6, 6.07) is 8.54. The summed E-state index contributed by atoms with van der Waals surface area (Å²) in [5.74, 6) is -1.20. The fraction of sp³-hybridized carbons (Fsp3) is 0.185. The molecule has 2 bridgehead atoms. The van der Waals surface area contributed by atoms with Crippen LogP contribution >= 0.6 is 23.2 Å². The molecular formula is C27H23Cl2FN8O4. The first-order valence-corrected chi connectivity index (χ1v) is 13.4. The first kappa shape index (κ1) is 28.8. The van der Waals surface area contributed by atoms with E-state index in [1.165, 1.54) is 25.4 Å². The van der Waals surface area contributed by atoms with E-state index in [1.54, 1.807) is 24.3 Å².